The van der Waals surface area contributed by atoms with Crippen molar-refractivity contribution in [1.29, 1.82) is 0 Å². The fourth-order valence-electron chi connectivity index (χ4n) is 6.07. The lowest BCUT2D eigenvalue weighted by Gasteiger charge is -2.35. The van der Waals surface area contributed by atoms with Gasteiger partial charge >= 0.3 is 0 Å². The topological polar surface area (TPSA) is 87.6 Å². The molecule has 0 amide bonds. The van der Waals surface area contributed by atoms with E-state index in [1.807, 2.05) is 141 Å². The van der Waals surface area contributed by atoms with E-state index in [1.54, 1.807) is 0 Å². The molecule has 1 saturated heterocycles. The summed E-state index contributed by atoms with van der Waals surface area (Å²) in [5.41, 5.74) is 4.24. The fourth-order valence-corrected chi connectivity index (χ4v) is 9.72. The highest BCUT2D eigenvalue weighted by atomic mass is 31.2. The third-order valence-electron chi connectivity index (χ3n) is 8.14. The van der Waals surface area contributed by atoms with Gasteiger partial charge in [0, 0.05) is 52.4 Å². The largest absolute Gasteiger partial charge is 0.343 e. The Morgan fingerprint density at radius 3 is 0.783 bits per heavy atom. The monoisotopic (exact) mass is 660 g/mol. The predicted octanol–water partition coefficient (Wildman–Crippen LogP) is 6.38. The van der Waals surface area contributed by atoms with Crippen molar-refractivity contribution < 1.29 is 18.9 Å². The summed E-state index contributed by atoms with van der Waals surface area (Å²) >= 11 is 0. The van der Waals surface area contributed by atoms with Crippen molar-refractivity contribution >= 4 is 14.7 Å². The Hall–Kier alpha value is -2.90. The molecule has 1 heterocycles. The molecule has 0 aliphatic carbocycles. The van der Waals surface area contributed by atoms with Crippen LogP contribution in [0.15, 0.2) is 121 Å². The zero-order chi connectivity index (χ0) is 32.2. The lowest BCUT2D eigenvalue weighted by atomic mass is 10.2. The molecule has 10 heteroatoms. The highest BCUT2D eigenvalue weighted by molar-refractivity contribution is 7.58. The molecule has 0 unspecified atom stereocenters. The fraction of sp³-hybridized carbons (Fsp3) is 0.333. The van der Waals surface area contributed by atoms with E-state index in [-0.39, 0.29) is 25.1 Å². The van der Waals surface area contributed by atoms with Gasteiger partial charge in [0.1, 0.15) is 0 Å². The quantitative estimate of drug-likeness (QED) is 0.211. The molecule has 4 aromatic carbocycles. The van der Waals surface area contributed by atoms with E-state index in [9.17, 15) is 18.9 Å². The van der Waals surface area contributed by atoms with Gasteiger partial charge in [-0.3, -0.25) is 28.7 Å². The summed E-state index contributed by atoms with van der Waals surface area (Å²) < 4.78 is 28.1. The standard InChI is InChI=1S/C36H46N4O4P2/c41-45(42)29-37(25-33-13-5-1-6-14-33)21-22-38(26-34-15-7-2-8-16-34)31-46(43,44)32-40(28-36-19-11-4-12-20-36)24-23-39(30-45)27-35-17-9-3-10-18-35/h1-20H,21-32H2,(H,41,42)(H,43,44). The molecule has 2 N–H and O–H groups in total. The number of hydrogen-bond donors (Lipinski definition) is 2. The van der Waals surface area contributed by atoms with Gasteiger partial charge in [-0.1, -0.05) is 121 Å². The molecule has 0 atom stereocenters. The molecular weight excluding hydrogens is 614 g/mol. The summed E-state index contributed by atoms with van der Waals surface area (Å²) in [6, 6.07) is 39.9. The summed E-state index contributed by atoms with van der Waals surface area (Å²) in [7, 11) is -7.27. The van der Waals surface area contributed by atoms with Crippen LogP contribution in [0.3, 0.4) is 0 Å². The van der Waals surface area contributed by atoms with Crippen molar-refractivity contribution in [3.63, 3.8) is 0 Å². The highest BCUT2D eigenvalue weighted by Gasteiger charge is 2.30. The van der Waals surface area contributed by atoms with Gasteiger partial charge in [-0.15, -0.1) is 0 Å². The average Bonchev–Trinajstić information content (AvgIpc) is 3.03. The lowest BCUT2D eigenvalue weighted by molar-refractivity contribution is 0.198. The second-order valence-electron chi connectivity index (χ2n) is 12.4. The van der Waals surface area contributed by atoms with Crippen LogP contribution in [0.5, 0.6) is 0 Å². The second kappa shape index (κ2) is 16.8. The van der Waals surface area contributed by atoms with E-state index < -0.39 is 14.7 Å². The minimum atomic E-state index is -3.64. The SMILES string of the molecule is O=P1(O)CN(Cc2ccccc2)CCN(Cc2ccccc2)CP(=O)(O)CN(Cc2ccccc2)CCN(Cc2ccccc2)C1. The molecule has 244 valence electrons. The number of hydrogen-bond acceptors (Lipinski definition) is 6. The maximum Gasteiger partial charge on any atom is 0.227 e. The van der Waals surface area contributed by atoms with Crippen LogP contribution >= 0.6 is 14.7 Å². The zero-order valence-corrected chi connectivity index (χ0v) is 28.2. The molecule has 1 aliphatic rings. The molecule has 1 aliphatic heterocycles. The van der Waals surface area contributed by atoms with E-state index in [4.69, 9.17) is 0 Å². The Morgan fingerprint density at radius 1 is 0.391 bits per heavy atom. The Kier molecular flexibility index (Phi) is 12.6. The number of rotatable bonds is 8. The molecule has 0 radical (unpaired) electrons. The van der Waals surface area contributed by atoms with E-state index in [2.05, 4.69) is 0 Å². The first kappa shape index (κ1) is 34.4. The molecule has 0 saturated carbocycles. The Labute approximate surface area is 273 Å². The van der Waals surface area contributed by atoms with E-state index in [0.717, 1.165) is 22.3 Å². The first-order valence-corrected chi connectivity index (χ1v) is 19.9. The van der Waals surface area contributed by atoms with Crippen LogP contribution in [0, 0.1) is 0 Å². The van der Waals surface area contributed by atoms with Crippen molar-refractivity contribution in [2.45, 2.75) is 26.2 Å². The van der Waals surface area contributed by atoms with E-state index in [1.165, 1.54) is 0 Å². The molecule has 8 nitrogen and oxygen atoms in total. The lowest BCUT2D eigenvalue weighted by Crippen LogP contribution is -2.40. The van der Waals surface area contributed by atoms with Crippen LogP contribution in [-0.4, -0.2) is 80.7 Å². The molecule has 0 spiro atoms. The minimum absolute atomic E-state index is 0.0386. The molecule has 0 aromatic heterocycles. The van der Waals surface area contributed by atoms with Crippen LogP contribution in [0.25, 0.3) is 0 Å². The van der Waals surface area contributed by atoms with E-state index >= 15 is 0 Å². The first-order chi connectivity index (χ1) is 22.2. The average molecular weight is 661 g/mol. The van der Waals surface area contributed by atoms with Gasteiger partial charge in [0.15, 0.2) is 0 Å². The molecule has 0 bridgehead atoms. The van der Waals surface area contributed by atoms with Crippen LogP contribution < -0.4 is 0 Å². The van der Waals surface area contributed by atoms with Crippen molar-refractivity contribution in [2.24, 2.45) is 0 Å². The van der Waals surface area contributed by atoms with Crippen LogP contribution in [0.1, 0.15) is 22.3 Å². The highest BCUT2D eigenvalue weighted by Crippen LogP contribution is 2.44. The van der Waals surface area contributed by atoms with Crippen molar-refractivity contribution in [3.05, 3.63) is 144 Å². The van der Waals surface area contributed by atoms with Gasteiger partial charge in [-0.05, 0) is 22.3 Å². The van der Waals surface area contributed by atoms with Crippen LogP contribution in [0.2, 0.25) is 0 Å². The minimum Gasteiger partial charge on any atom is -0.343 e. The van der Waals surface area contributed by atoms with Crippen molar-refractivity contribution in [1.82, 2.24) is 19.6 Å². The van der Waals surface area contributed by atoms with Crippen molar-refractivity contribution in [3.8, 4) is 0 Å². The summed E-state index contributed by atoms with van der Waals surface area (Å²) in [5, 5.41) is 0. The predicted molar refractivity (Wildman–Crippen MR) is 187 cm³/mol. The van der Waals surface area contributed by atoms with Crippen LogP contribution in [-0.2, 0) is 35.3 Å². The summed E-state index contributed by atoms with van der Waals surface area (Å²) in [5.74, 6) is 0. The molecular formula is C36H46N4O4P2. The molecule has 4 aromatic rings. The third-order valence-corrected chi connectivity index (χ3v) is 11.5. The van der Waals surface area contributed by atoms with Crippen LogP contribution in [0.4, 0.5) is 0 Å². The zero-order valence-electron chi connectivity index (χ0n) is 26.4. The van der Waals surface area contributed by atoms with Gasteiger partial charge in [0.05, 0.1) is 25.1 Å². The maximum absolute atomic E-state index is 14.0. The van der Waals surface area contributed by atoms with Gasteiger partial charge in [0.2, 0.25) is 14.7 Å². The summed E-state index contributed by atoms with van der Waals surface area (Å²) in [6.07, 6.45) is 0.154. The second-order valence-corrected chi connectivity index (χ2v) is 16.9. The third kappa shape index (κ3) is 11.7. The summed E-state index contributed by atoms with van der Waals surface area (Å²) in [4.78, 5) is 31.2. The normalized spacial score (nSPS) is 23.5. The smallest absolute Gasteiger partial charge is 0.227 e. The Balaban J connectivity index is 1.44. The molecule has 1 fully saturated rings. The Morgan fingerprint density at radius 2 is 0.587 bits per heavy atom. The Bertz CT molecular complexity index is 1330. The molecule has 46 heavy (non-hydrogen) atoms. The number of nitrogens with zero attached hydrogens (tertiary/aromatic N) is 4. The van der Waals surface area contributed by atoms with Gasteiger partial charge < -0.3 is 9.79 Å². The van der Waals surface area contributed by atoms with Crippen molar-refractivity contribution in [2.75, 3.05) is 51.3 Å². The molecule has 5 rings (SSSR count). The number of benzene rings is 4. The van der Waals surface area contributed by atoms with E-state index in [0.29, 0.717) is 52.4 Å². The van der Waals surface area contributed by atoms with Gasteiger partial charge in [-0.25, -0.2) is 0 Å². The first-order valence-electron chi connectivity index (χ1n) is 15.9. The van der Waals surface area contributed by atoms with Gasteiger partial charge in [0.25, 0.3) is 0 Å². The summed E-state index contributed by atoms with van der Waals surface area (Å²) in [6.45, 7) is 4.01. The van der Waals surface area contributed by atoms with Gasteiger partial charge in [-0.2, -0.15) is 0 Å². The maximum atomic E-state index is 14.0.